The average Bonchev–Trinajstić information content (AvgIpc) is 1.60. The minimum absolute atomic E-state index is 0.000386. The second-order valence-electron chi connectivity index (χ2n) is 2.89. The number of halogens is 1. The molecule has 0 amide bonds. The van der Waals surface area contributed by atoms with Crippen molar-refractivity contribution in [3.8, 4) is 0 Å². The van der Waals surface area contributed by atoms with Gasteiger partial charge in [0.1, 0.15) is 0 Å². The first-order valence-corrected chi connectivity index (χ1v) is 4.39. The van der Waals surface area contributed by atoms with E-state index in [1.165, 1.54) is 0 Å². The van der Waals surface area contributed by atoms with Crippen LogP contribution in [0.15, 0.2) is 0 Å². The summed E-state index contributed by atoms with van der Waals surface area (Å²) in [6.07, 6.45) is 0. The zero-order chi connectivity index (χ0) is 8.36. The monoisotopic (exact) mass is 184 g/mol. The lowest BCUT2D eigenvalue weighted by Gasteiger charge is -2.34. The third-order valence-corrected chi connectivity index (χ3v) is 2.45. The maximum Gasteiger partial charge on any atom is 0.0852 e. The molecule has 1 atom stereocenters. The van der Waals surface area contributed by atoms with Gasteiger partial charge in [0.05, 0.1) is 6.00 Å². The van der Waals surface area contributed by atoms with Gasteiger partial charge in [-0.2, -0.15) is 0 Å². The number of hydrogen-bond acceptors (Lipinski definition) is 2. The molecule has 0 fully saturated rings. The van der Waals surface area contributed by atoms with Crippen LogP contribution in [0.25, 0.3) is 0 Å². The highest BCUT2D eigenvalue weighted by molar-refractivity contribution is 7.76. The highest BCUT2D eigenvalue weighted by Gasteiger charge is 2.20. The second-order valence-corrected chi connectivity index (χ2v) is 4.00. The van der Waals surface area contributed by atoms with Crippen molar-refractivity contribution in [2.75, 3.05) is 6.00 Å². The van der Waals surface area contributed by atoms with Crippen molar-refractivity contribution in [1.82, 2.24) is 4.31 Å². The van der Waals surface area contributed by atoms with E-state index in [4.69, 9.17) is 11.6 Å². The SMILES string of the molecule is CC(C)(C)N(CCl)S(=O)[O-]. The van der Waals surface area contributed by atoms with Crippen LogP contribution in [-0.2, 0) is 11.3 Å². The van der Waals surface area contributed by atoms with Crippen molar-refractivity contribution >= 4 is 22.9 Å². The van der Waals surface area contributed by atoms with Crippen LogP contribution in [0.1, 0.15) is 20.8 Å². The minimum atomic E-state index is -2.22. The fourth-order valence-corrected chi connectivity index (χ4v) is 1.57. The van der Waals surface area contributed by atoms with Crippen molar-refractivity contribution in [3.05, 3.63) is 0 Å². The number of alkyl halides is 1. The molecule has 3 nitrogen and oxygen atoms in total. The van der Waals surface area contributed by atoms with Gasteiger partial charge < -0.3 is 4.55 Å². The summed E-state index contributed by atoms with van der Waals surface area (Å²) in [4.78, 5) is 0. The van der Waals surface area contributed by atoms with Crippen LogP contribution in [-0.4, -0.2) is 24.6 Å². The van der Waals surface area contributed by atoms with Crippen molar-refractivity contribution in [2.24, 2.45) is 0 Å². The highest BCUT2D eigenvalue weighted by atomic mass is 35.5. The molecule has 5 heteroatoms. The van der Waals surface area contributed by atoms with Gasteiger partial charge in [-0.05, 0) is 20.8 Å². The summed E-state index contributed by atoms with van der Waals surface area (Å²) in [5.41, 5.74) is -0.422. The van der Waals surface area contributed by atoms with Crippen LogP contribution >= 0.6 is 11.6 Å². The number of rotatable bonds is 2. The number of hydrogen-bond donors (Lipinski definition) is 0. The average molecular weight is 185 g/mol. The standard InChI is InChI=1S/C5H12ClNO2S/c1-5(2,3)7(4-6)10(8)9/h4H2,1-3H3,(H,8,9)/p-1. The van der Waals surface area contributed by atoms with Crippen LogP contribution in [0.2, 0.25) is 0 Å². The Hall–Kier alpha value is 0.360. The van der Waals surface area contributed by atoms with Crippen LogP contribution in [0.3, 0.4) is 0 Å². The van der Waals surface area contributed by atoms with E-state index >= 15 is 0 Å². The molecule has 1 unspecified atom stereocenters. The Morgan fingerprint density at radius 2 is 2.00 bits per heavy atom. The lowest BCUT2D eigenvalue weighted by Crippen LogP contribution is -2.41. The molecule has 0 saturated carbocycles. The van der Waals surface area contributed by atoms with Gasteiger partial charge in [0, 0.05) is 16.8 Å². The van der Waals surface area contributed by atoms with E-state index < -0.39 is 16.8 Å². The molecule has 0 aromatic rings. The molecule has 0 aliphatic carbocycles. The molecule has 0 spiro atoms. The maximum absolute atomic E-state index is 10.4. The van der Waals surface area contributed by atoms with Gasteiger partial charge in [0.15, 0.2) is 0 Å². The summed E-state index contributed by atoms with van der Waals surface area (Å²) >= 11 is 3.16. The fraction of sp³-hybridized carbons (Fsp3) is 1.00. The first-order valence-electron chi connectivity index (χ1n) is 2.82. The van der Waals surface area contributed by atoms with Gasteiger partial charge in [-0.3, -0.25) is 4.21 Å². The Kier molecular flexibility index (Phi) is 3.80. The Labute approximate surface area is 68.8 Å². The van der Waals surface area contributed by atoms with E-state index in [1.54, 1.807) is 20.8 Å². The van der Waals surface area contributed by atoms with Gasteiger partial charge in [0.2, 0.25) is 0 Å². The summed E-state index contributed by atoms with van der Waals surface area (Å²) in [5.74, 6) is 0. The van der Waals surface area contributed by atoms with Crippen LogP contribution in [0, 0.1) is 0 Å². The van der Waals surface area contributed by atoms with Gasteiger partial charge in [-0.25, -0.2) is 4.31 Å². The van der Waals surface area contributed by atoms with Crippen molar-refractivity contribution in [2.45, 2.75) is 26.3 Å². The molecule has 0 N–H and O–H groups in total. The predicted molar refractivity (Wildman–Crippen MR) is 41.2 cm³/mol. The third kappa shape index (κ3) is 2.96. The van der Waals surface area contributed by atoms with Crippen LogP contribution in [0.4, 0.5) is 0 Å². The summed E-state index contributed by atoms with van der Waals surface area (Å²) in [6, 6.07) is -0.000386. The van der Waals surface area contributed by atoms with Crippen LogP contribution < -0.4 is 0 Å². The largest absolute Gasteiger partial charge is 0.760 e. The lowest BCUT2D eigenvalue weighted by atomic mass is 10.1. The third-order valence-electron chi connectivity index (χ3n) is 1.04. The Bertz CT molecular complexity index is 134. The van der Waals surface area contributed by atoms with E-state index in [1.807, 2.05) is 0 Å². The van der Waals surface area contributed by atoms with Crippen molar-refractivity contribution in [3.63, 3.8) is 0 Å². The van der Waals surface area contributed by atoms with Gasteiger partial charge in [-0.15, -0.1) is 11.6 Å². The molecule has 0 heterocycles. The summed E-state index contributed by atoms with van der Waals surface area (Å²) in [7, 11) is 0. The molecule has 0 aliphatic heterocycles. The molecule has 0 rings (SSSR count). The molecule has 0 bridgehead atoms. The van der Waals surface area contributed by atoms with Gasteiger partial charge in [0.25, 0.3) is 0 Å². The maximum atomic E-state index is 10.4. The minimum Gasteiger partial charge on any atom is -0.760 e. The molecule has 0 aliphatic rings. The number of nitrogens with zero attached hydrogens (tertiary/aromatic N) is 1. The summed E-state index contributed by atoms with van der Waals surface area (Å²) in [5, 5.41) is 0. The first-order chi connectivity index (χ1) is 4.39. The summed E-state index contributed by atoms with van der Waals surface area (Å²) in [6.45, 7) is 5.35. The molecule has 0 saturated heterocycles. The van der Waals surface area contributed by atoms with Crippen molar-refractivity contribution < 1.29 is 8.76 Å². The van der Waals surface area contributed by atoms with E-state index in [9.17, 15) is 8.76 Å². The molecule has 0 radical (unpaired) electrons. The second kappa shape index (κ2) is 3.67. The highest BCUT2D eigenvalue weighted by Crippen LogP contribution is 2.14. The lowest BCUT2D eigenvalue weighted by molar-refractivity contribution is 0.271. The summed E-state index contributed by atoms with van der Waals surface area (Å²) < 4.78 is 22.0. The Morgan fingerprint density at radius 1 is 1.60 bits per heavy atom. The Balaban J connectivity index is 4.22. The molecule has 10 heavy (non-hydrogen) atoms. The predicted octanol–water partition coefficient (Wildman–Crippen LogP) is 1.08. The van der Waals surface area contributed by atoms with E-state index in [0.29, 0.717) is 0 Å². The Morgan fingerprint density at radius 3 is 2.00 bits per heavy atom. The first kappa shape index (κ1) is 10.4. The normalized spacial score (nSPS) is 15.8. The quantitative estimate of drug-likeness (QED) is 0.366. The van der Waals surface area contributed by atoms with E-state index in [-0.39, 0.29) is 6.00 Å². The van der Waals surface area contributed by atoms with Crippen molar-refractivity contribution in [1.29, 1.82) is 0 Å². The zero-order valence-electron chi connectivity index (χ0n) is 6.26. The molecular weight excluding hydrogens is 174 g/mol. The smallest absolute Gasteiger partial charge is 0.0852 e. The van der Waals surface area contributed by atoms with Gasteiger partial charge in [-0.1, -0.05) is 0 Å². The van der Waals surface area contributed by atoms with Crippen LogP contribution in [0.5, 0.6) is 0 Å². The topological polar surface area (TPSA) is 43.4 Å². The van der Waals surface area contributed by atoms with E-state index in [2.05, 4.69) is 0 Å². The molecule has 0 aromatic heterocycles. The zero-order valence-corrected chi connectivity index (χ0v) is 7.83. The molecule has 0 aromatic carbocycles. The fourth-order valence-electron chi connectivity index (χ4n) is 0.443. The van der Waals surface area contributed by atoms with Gasteiger partial charge >= 0.3 is 0 Å². The van der Waals surface area contributed by atoms with E-state index in [0.717, 1.165) is 4.31 Å². The molecule has 62 valence electrons. The molecular formula is C5H11ClNO2S-.